The average Bonchev–Trinajstić information content (AvgIpc) is 2.76. The van der Waals surface area contributed by atoms with E-state index in [1.807, 2.05) is 31.2 Å². The quantitative estimate of drug-likeness (QED) is 0.912. The first-order valence-electron chi connectivity index (χ1n) is 6.96. The third kappa shape index (κ3) is 2.41. The predicted molar refractivity (Wildman–Crippen MR) is 78.7 cm³/mol. The maximum Gasteiger partial charge on any atom is 0.154 e. The molecule has 2 aromatic carbocycles. The molecule has 3 rings (SSSR count). The van der Waals surface area contributed by atoms with Gasteiger partial charge in [0.05, 0.1) is 0 Å². The van der Waals surface area contributed by atoms with Crippen molar-refractivity contribution in [1.82, 2.24) is 0 Å². The van der Waals surface area contributed by atoms with Crippen LogP contribution in [0, 0.1) is 12.7 Å². The molecule has 1 aliphatic carbocycles. The highest BCUT2D eigenvalue weighted by atomic mass is 19.1. The van der Waals surface area contributed by atoms with E-state index in [1.54, 1.807) is 6.07 Å². The molecular formula is C17H18FNO2. The first kappa shape index (κ1) is 14.0. The number of hydrogen-bond acceptors (Lipinski definition) is 3. The van der Waals surface area contributed by atoms with Gasteiger partial charge in [-0.3, -0.25) is 0 Å². The molecule has 0 bridgehead atoms. The summed E-state index contributed by atoms with van der Waals surface area (Å²) in [4.78, 5) is 0. The standard InChI is InChI=1S/C17H18FNO2/c1-11-6-7-13(18)8-15(11)21-16-14-5-3-2-4-12(14)9-17(16,20)10-19/h2-8,16,20H,9-10,19H2,1H3. The minimum absolute atomic E-state index is 0.0840. The number of hydrogen-bond donors (Lipinski definition) is 2. The van der Waals surface area contributed by atoms with Crippen molar-refractivity contribution >= 4 is 0 Å². The lowest BCUT2D eigenvalue weighted by molar-refractivity contribution is -0.0441. The van der Waals surface area contributed by atoms with E-state index in [-0.39, 0.29) is 12.4 Å². The first-order chi connectivity index (χ1) is 10.0. The Balaban J connectivity index is 2.01. The molecule has 4 heteroatoms. The van der Waals surface area contributed by atoms with Crippen molar-refractivity contribution in [3.63, 3.8) is 0 Å². The minimum atomic E-state index is -1.16. The number of halogens is 1. The fraction of sp³-hybridized carbons (Fsp3) is 0.294. The number of benzene rings is 2. The van der Waals surface area contributed by atoms with Crippen molar-refractivity contribution in [3.8, 4) is 5.75 Å². The van der Waals surface area contributed by atoms with Crippen molar-refractivity contribution in [2.75, 3.05) is 6.54 Å². The Morgan fingerprint density at radius 1 is 1.33 bits per heavy atom. The van der Waals surface area contributed by atoms with Gasteiger partial charge < -0.3 is 15.6 Å². The molecule has 0 saturated carbocycles. The van der Waals surface area contributed by atoms with Crippen molar-refractivity contribution in [3.05, 3.63) is 65.0 Å². The Hall–Kier alpha value is -1.91. The van der Waals surface area contributed by atoms with Crippen LogP contribution in [0.2, 0.25) is 0 Å². The molecule has 0 radical (unpaired) electrons. The summed E-state index contributed by atoms with van der Waals surface area (Å²) in [5, 5.41) is 10.8. The van der Waals surface area contributed by atoms with Crippen molar-refractivity contribution in [2.45, 2.75) is 25.0 Å². The van der Waals surface area contributed by atoms with Crippen molar-refractivity contribution in [1.29, 1.82) is 0 Å². The fourth-order valence-corrected chi connectivity index (χ4v) is 2.84. The molecule has 2 aromatic rings. The zero-order valence-electron chi connectivity index (χ0n) is 11.8. The highest BCUT2D eigenvalue weighted by Crippen LogP contribution is 2.42. The highest BCUT2D eigenvalue weighted by molar-refractivity contribution is 5.41. The van der Waals surface area contributed by atoms with Crippen LogP contribution in [-0.4, -0.2) is 17.3 Å². The molecule has 0 amide bonds. The van der Waals surface area contributed by atoms with E-state index in [4.69, 9.17) is 10.5 Å². The second kappa shape index (κ2) is 5.13. The number of nitrogens with two attached hydrogens (primary N) is 1. The summed E-state index contributed by atoms with van der Waals surface area (Å²) in [6, 6.07) is 12.1. The van der Waals surface area contributed by atoms with Crippen LogP contribution in [0.1, 0.15) is 22.8 Å². The van der Waals surface area contributed by atoms with Gasteiger partial charge in [-0.1, -0.05) is 30.3 Å². The topological polar surface area (TPSA) is 55.5 Å². The van der Waals surface area contributed by atoms with Crippen LogP contribution < -0.4 is 10.5 Å². The van der Waals surface area contributed by atoms with Crippen LogP contribution >= 0.6 is 0 Å². The SMILES string of the molecule is Cc1ccc(F)cc1OC1c2ccccc2CC1(O)CN. The largest absolute Gasteiger partial charge is 0.482 e. The molecule has 3 N–H and O–H groups in total. The number of ether oxygens (including phenoxy) is 1. The van der Waals surface area contributed by atoms with E-state index in [0.717, 1.165) is 16.7 Å². The van der Waals surface area contributed by atoms with E-state index in [2.05, 4.69) is 0 Å². The third-order valence-corrected chi connectivity index (χ3v) is 4.07. The molecule has 3 nitrogen and oxygen atoms in total. The van der Waals surface area contributed by atoms with E-state index < -0.39 is 11.7 Å². The van der Waals surface area contributed by atoms with E-state index >= 15 is 0 Å². The summed E-state index contributed by atoms with van der Waals surface area (Å²) in [7, 11) is 0. The zero-order chi connectivity index (χ0) is 15.0. The Bertz CT molecular complexity index is 674. The summed E-state index contributed by atoms with van der Waals surface area (Å²) in [6.45, 7) is 1.93. The zero-order valence-corrected chi connectivity index (χ0v) is 11.8. The number of aryl methyl sites for hydroxylation is 1. The molecule has 0 spiro atoms. The van der Waals surface area contributed by atoms with Gasteiger partial charge in [-0.15, -0.1) is 0 Å². The molecule has 0 fully saturated rings. The lowest BCUT2D eigenvalue weighted by Gasteiger charge is -2.30. The predicted octanol–water partition coefficient (Wildman–Crippen LogP) is 2.50. The van der Waals surface area contributed by atoms with E-state index in [0.29, 0.717) is 12.2 Å². The lowest BCUT2D eigenvalue weighted by Crippen LogP contribution is -2.44. The van der Waals surface area contributed by atoms with Gasteiger partial charge in [-0.25, -0.2) is 4.39 Å². The normalized spacial score (nSPS) is 23.9. The Morgan fingerprint density at radius 2 is 2.10 bits per heavy atom. The highest BCUT2D eigenvalue weighted by Gasteiger charge is 2.45. The second-order valence-corrected chi connectivity index (χ2v) is 5.59. The molecule has 110 valence electrons. The van der Waals surface area contributed by atoms with Crippen LogP contribution in [0.5, 0.6) is 5.75 Å². The summed E-state index contributed by atoms with van der Waals surface area (Å²) in [5.41, 5.74) is 7.34. The van der Waals surface area contributed by atoms with E-state index in [9.17, 15) is 9.50 Å². The molecule has 0 heterocycles. The Kier molecular flexibility index (Phi) is 3.43. The summed E-state index contributed by atoms with van der Waals surface area (Å²) in [6.07, 6.45) is -0.141. The maximum absolute atomic E-state index is 13.4. The fourth-order valence-electron chi connectivity index (χ4n) is 2.84. The van der Waals surface area contributed by atoms with Gasteiger partial charge >= 0.3 is 0 Å². The van der Waals surface area contributed by atoms with Crippen LogP contribution in [0.4, 0.5) is 4.39 Å². The van der Waals surface area contributed by atoms with Gasteiger partial charge in [0.1, 0.15) is 17.2 Å². The number of fused-ring (bicyclic) bond motifs is 1. The van der Waals surface area contributed by atoms with Crippen molar-refractivity contribution in [2.24, 2.45) is 5.73 Å². The summed E-state index contributed by atoms with van der Waals surface area (Å²) < 4.78 is 19.4. The van der Waals surface area contributed by atoms with Gasteiger partial charge in [-0.05, 0) is 29.7 Å². The first-order valence-corrected chi connectivity index (χ1v) is 6.96. The maximum atomic E-state index is 13.4. The summed E-state index contributed by atoms with van der Waals surface area (Å²) in [5.74, 6) is 0.0711. The molecule has 21 heavy (non-hydrogen) atoms. The average molecular weight is 287 g/mol. The Labute approximate surface area is 123 Å². The smallest absolute Gasteiger partial charge is 0.154 e. The van der Waals surface area contributed by atoms with Gasteiger partial charge in [0.15, 0.2) is 6.10 Å². The Morgan fingerprint density at radius 3 is 2.86 bits per heavy atom. The third-order valence-electron chi connectivity index (χ3n) is 4.07. The second-order valence-electron chi connectivity index (χ2n) is 5.59. The summed E-state index contributed by atoms with van der Waals surface area (Å²) >= 11 is 0. The molecule has 2 unspecified atom stereocenters. The number of aliphatic hydroxyl groups is 1. The molecule has 2 atom stereocenters. The van der Waals surface area contributed by atoms with Crippen LogP contribution in [0.3, 0.4) is 0 Å². The molecule has 0 aliphatic heterocycles. The van der Waals surface area contributed by atoms with Gasteiger partial charge in [0, 0.05) is 19.0 Å². The van der Waals surface area contributed by atoms with Gasteiger partial charge in [-0.2, -0.15) is 0 Å². The van der Waals surface area contributed by atoms with Crippen LogP contribution in [0.15, 0.2) is 42.5 Å². The molecule has 0 aromatic heterocycles. The molecule has 1 aliphatic rings. The molecule has 0 saturated heterocycles. The monoisotopic (exact) mass is 287 g/mol. The lowest BCUT2D eigenvalue weighted by atomic mass is 9.97. The minimum Gasteiger partial charge on any atom is -0.482 e. The van der Waals surface area contributed by atoms with Crippen LogP contribution in [-0.2, 0) is 6.42 Å². The van der Waals surface area contributed by atoms with Gasteiger partial charge in [0.2, 0.25) is 0 Å². The molecular weight excluding hydrogens is 269 g/mol. The van der Waals surface area contributed by atoms with Crippen molar-refractivity contribution < 1.29 is 14.2 Å². The van der Waals surface area contributed by atoms with E-state index in [1.165, 1.54) is 12.1 Å². The number of rotatable bonds is 3. The van der Waals surface area contributed by atoms with Gasteiger partial charge in [0.25, 0.3) is 0 Å². The van der Waals surface area contributed by atoms with Crippen LogP contribution in [0.25, 0.3) is 0 Å².